The number of hydrogen-bond acceptors (Lipinski definition) is 3. The molecule has 4 N–H and O–H groups in total. The maximum Gasteiger partial charge on any atom is 0.189 e. The van der Waals surface area contributed by atoms with E-state index in [2.05, 4.69) is 21.5 Å². The molecular weight excluding hydrogens is 371 g/mol. The number of para-hydroxylation sites is 2. The Morgan fingerprint density at radius 2 is 1.71 bits per heavy atom. The fraction of sp³-hybridized carbons (Fsp3) is 0.0667. The minimum Gasteiger partial charge on any atom is -0.495 e. The molecule has 126 valence electrons. The monoisotopic (exact) mass is 384 g/mol. The highest BCUT2D eigenvalue weighted by Gasteiger charge is 2.05. The summed E-state index contributed by atoms with van der Waals surface area (Å²) < 4.78 is 18.3. The number of halogens is 2. The first-order valence-corrected chi connectivity index (χ1v) is 7.91. The van der Waals surface area contributed by atoms with Gasteiger partial charge in [0.15, 0.2) is 10.2 Å². The maximum atomic E-state index is 13.1. The Bertz CT molecular complexity index is 760. The van der Waals surface area contributed by atoms with Crippen LogP contribution in [0.15, 0.2) is 42.5 Å². The van der Waals surface area contributed by atoms with E-state index < -0.39 is 5.82 Å². The summed E-state index contributed by atoms with van der Waals surface area (Å²) >= 11 is 16.0. The molecule has 0 unspecified atom stereocenters. The quantitative estimate of drug-likeness (QED) is 0.475. The SMILES string of the molecule is COc1ccccc1NC(=S)NNC(=S)Nc1ccc(F)c(Cl)c1. The molecule has 9 heteroatoms. The van der Waals surface area contributed by atoms with Crippen molar-refractivity contribution < 1.29 is 9.13 Å². The van der Waals surface area contributed by atoms with Gasteiger partial charge in [-0.3, -0.25) is 10.9 Å². The van der Waals surface area contributed by atoms with Gasteiger partial charge >= 0.3 is 0 Å². The molecule has 0 amide bonds. The third-order valence-electron chi connectivity index (χ3n) is 2.82. The summed E-state index contributed by atoms with van der Waals surface area (Å²) in [4.78, 5) is 0. The van der Waals surface area contributed by atoms with Crippen molar-refractivity contribution in [3.05, 3.63) is 53.3 Å². The average molecular weight is 385 g/mol. The topological polar surface area (TPSA) is 57.4 Å². The van der Waals surface area contributed by atoms with Gasteiger partial charge in [0.05, 0.1) is 17.8 Å². The number of thiocarbonyl (C=S) groups is 2. The van der Waals surface area contributed by atoms with Crippen molar-refractivity contribution in [2.24, 2.45) is 0 Å². The van der Waals surface area contributed by atoms with Crippen LogP contribution in [-0.4, -0.2) is 17.3 Å². The van der Waals surface area contributed by atoms with Crippen LogP contribution in [0.2, 0.25) is 5.02 Å². The van der Waals surface area contributed by atoms with Crippen molar-refractivity contribution in [1.82, 2.24) is 10.9 Å². The number of anilines is 2. The molecule has 2 aromatic rings. The summed E-state index contributed by atoms with van der Waals surface area (Å²) in [5, 5.41) is 6.35. The number of hydrogen-bond donors (Lipinski definition) is 4. The molecular formula is C15H14ClFN4OS2. The van der Waals surface area contributed by atoms with E-state index in [4.69, 9.17) is 40.8 Å². The predicted molar refractivity (Wildman–Crippen MR) is 103 cm³/mol. The second-order valence-corrected chi connectivity index (χ2v) is 5.71. The van der Waals surface area contributed by atoms with E-state index in [0.29, 0.717) is 22.2 Å². The van der Waals surface area contributed by atoms with Crippen LogP contribution in [-0.2, 0) is 0 Å². The second-order valence-electron chi connectivity index (χ2n) is 4.49. The molecule has 0 fully saturated rings. The highest BCUT2D eigenvalue weighted by atomic mass is 35.5. The normalized spacial score (nSPS) is 9.79. The summed E-state index contributed by atoms with van der Waals surface area (Å²) in [5.74, 6) is 0.157. The number of nitrogens with one attached hydrogen (secondary N) is 4. The first-order valence-electron chi connectivity index (χ1n) is 6.71. The number of hydrazine groups is 1. The molecule has 0 aliphatic heterocycles. The highest BCUT2D eigenvalue weighted by Crippen LogP contribution is 2.22. The third kappa shape index (κ3) is 5.19. The standard InChI is InChI=1S/C15H14ClFN4OS2/c1-22-13-5-3-2-4-12(13)19-15(24)21-20-14(23)18-9-6-7-11(17)10(16)8-9/h2-8H,1H3,(H2,18,20,23)(H2,19,21,24). The summed E-state index contributed by atoms with van der Waals surface area (Å²) in [5.41, 5.74) is 6.70. The van der Waals surface area contributed by atoms with Crippen LogP contribution < -0.4 is 26.2 Å². The molecule has 0 radical (unpaired) electrons. The van der Waals surface area contributed by atoms with Gasteiger partial charge in [-0.25, -0.2) is 4.39 Å². The smallest absolute Gasteiger partial charge is 0.189 e. The molecule has 0 aromatic heterocycles. The fourth-order valence-corrected chi connectivity index (χ4v) is 2.26. The Kier molecular flexibility index (Phi) is 6.53. The first-order chi connectivity index (χ1) is 11.5. The molecule has 0 saturated carbocycles. The van der Waals surface area contributed by atoms with Crippen molar-refractivity contribution in [3.8, 4) is 5.75 Å². The minimum absolute atomic E-state index is 0.00381. The van der Waals surface area contributed by atoms with E-state index in [9.17, 15) is 4.39 Å². The van der Waals surface area contributed by atoms with Crippen LogP contribution in [0, 0.1) is 5.82 Å². The van der Waals surface area contributed by atoms with Gasteiger partial charge in [0.25, 0.3) is 0 Å². The van der Waals surface area contributed by atoms with Crippen molar-refractivity contribution >= 4 is 57.6 Å². The van der Waals surface area contributed by atoms with Crippen LogP contribution >= 0.6 is 36.0 Å². The van der Waals surface area contributed by atoms with E-state index in [1.165, 1.54) is 18.2 Å². The molecule has 0 aliphatic carbocycles. The Labute approximate surface area is 154 Å². The van der Waals surface area contributed by atoms with Gasteiger partial charge in [-0.05, 0) is 54.8 Å². The average Bonchev–Trinajstić information content (AvgIpc) is 2.57. The van der Waals surface area contributed by atoms with Crippen LogP contribution in [0.4, 0.5) is 15.8 Å². The molecule has 0 atom stereocenters. The van der Waals surface area contributed by atoms with Gasteiger partial charge in [-0.2, -0.15) is 0 Å². The lowest BCUT2D eigenvalue weighted by Crippen LogP contribution is -2.45. The largest absolute Gasteiger partial charge is 0.495 e. The molecule has 5 nitrogen and oxygen atoms in total. The van der Waals surface area contributed by atoms with Crippen molar-refractivity contribution in [1.29, 1.82) is 0 Å². The van der Waals surface area contributed by atoms with Gasteiger partial charge < -0.3 is 15.4 Å². The van der Waals surface area contributed by atoms with Crippen molar-refractivity contribution in [3.63, 3.8) is 0 Å². The number of rotatable bonds is 3. The third-order valence-corrected chi connectivity index (χ3v) is 3.52. The van der Waals surface area contributed by atoms with E-state index in [-0.39, 0.29) is 10.1 Å². The van der Waals surface area contributed by atoms with Crippen LogP contribution in [0.1, 0.15) is 0 Å². The number of ether oxygens (including phenoxy) is 1. The van der Waals surface area contributed by atoms with Crippen molar-refractivity contribution in [2.75, 3.05) is 17.7 Å². The van der Waals surface area contributed by atoms with E-state index >= 15 is 0 Å². The predicted octanol–water partition coefficient (Wildman–Crippen LogP) is 3.68. The molecule has 24 heavy (non-hydrogen) atoms. The highest BCUT2D eigenvalue weighted by molar-refractivity contribution is 7.81. The molecule has 2 aromatic carbocycles. The summed E-state index contributed by atoms with van der Waals surface area (Å²) in [6, 6.07) is 11.5. The summed E-state index contributed by atoms with van der Waals surface area (Å²) in [6.07, 6.45) is 0. The number of benzene rings is 2. The van der Waals surface area contributed by atoms with Crippen LogP contribution in [0.5, 0.6) is 5.75 Å². The zero-order valence-electron chi connectivity index (χ0n) is 12.5. The zero-order valence-corrected chi connectivity index (χ0v) is 14.9. The van der Waals surface area contributed by atoms with Gasteiger partial charge in [-0.1, -0.05) is 23.7 Å². The van der Waals surface area contributed by atoms with E-state index in [0.717, 1.165) is 0 Å². The Morgan fingerprint density at radius 3 is 2.38 bits per heavy atom. The van der Waals surface area contributed by atoms with Crippen LogP contribution in [0.25, 0.3) is 0 Å². The number of methoxy groups -OCH3 is 1. The molecule has 0 heterocycles. The lowest BCUT2D eigenvalue weighted by molar-refractivity contribution is 0.417. The zero-order chi connectivity index (χ0) is 17.5. The van der Waals surface area contributed by atoms with Gasteiger partial charge in [0, 0.05) is 5.69 Å². The lowest BCUT2D eigenvalue weighted by Gasteiger charge is -2.15. The molecule has 0 bridgehead atoms. The molecule has 0 aliphatic rings. The molecule has 2 rings (SSSR count). The van der Waals surface area contributed by atoms with E-state index in [1.54, 1.807) is 7.11 Å². The van der Waals surface area contributed by atoms with Crippen molar-refractivity contribution in [2.45, 2.75) is 0 Å². The molecule has 0 spiro atoms. The lowest BCUT2D eigenvalue weighted by atomic mass is 10.3. The first kappa shape index (κ1) is 18.2. The van der Waals surface area contributed by atoms with Crippen LogP contribution in [0.3, 0.4) is 0 Å². The van der Waals surface area contributed by atoms with E-state index in [1.807, 2.05) is 24.3 Å². The minimum atomic E-state index is -0.499. The Hall–Kier alpha value is -2.16. The Morgan fingerprint density at radius 1 is 1.04 bits per heavy atom. The van der Waals surface area contributed by atoms with Gasteiger partial charge in [0.1, 0.15) is 11.6 Å². The van der Waals surface area contributed by atoms with Gasteiger partial charge in [-0.15, -0.1) is 0 Å². The second kappa shape index (κ2) is 8.62. The fourth-order valence-electron chi connectivity index (χ4n) is 1.75. The molecule has 0 saturated heterocycles. The Balaban J connectivity index is 1.84. The summed E-state index contributed by atoms with van der Waals surface area (Å²) in [6.45, 7) is 0. The summed E-state index contributed by atoms with van der Waals surface area (Å²) in [7, 11) is 1.57. The van der Waals surface area contributed by atoms with Gasteiger partial charge in [0.2, 0.25) is 0 Å². The maximum absolute atomic E-state index is 13.1.